The van der Waals surface area contributed by atoms with Crippen molar-refractivity contribution in [2.24, 2.45) is 0 Å². The van der Waals surface area contributed by atoms with Gasteiger partial charge in [0.2, 0.25) is 21.1 Å². The molecule has 1 fully saturated rings. The van der Waals surface area contributed by atoms with Crippen LogP contribution in [-0.2, 0) is 22.2 Å². The van der Waals surface area contributed by atoms with Crippen molar-refractivity contribution in [3.63, 3.8) is 0 Å². The minimum Gasteiger partial charge on any atom is -0.344 e. The van der Waals surface area contributed by atoms with Gasteiger partial charge in [-0.25, -0.2) is 0 Å². The monoisotopic (exact) mass is 727 g/mol. The minimum atomic E-state index is -0.107. The highest BCUT2D eigenvalue weighted by molar-refractivity contribution is 7.79. The van der Waals surface area contributed by atoms with Gasteiger partial charge in [-0.15, -0.1) is 0 Å². The number of allylic oxidation sites excluding steroid dienone is 8. The van der Waals surface area contributed by atoms with Gasteiger partial charge in [0.25, 0.3) is 0 Å². The van der Waals surface area contributed by atoms with Gasteiger partial charge in [-0.05, 0) is 82.6 Å². The topological polar surface area (TPSA) is 6.48 Å². The summed E-state index contributed by atoms with van der Waals surface area (Å²) in [7, 11) is 0. The average Bonchev–Trinajstić information content (AvgIpc) is 3.74. The van der Waals surface area contributed by atoms with Crippen LogP contribution >= 0.6 is 0 Å². The van der Waals surface area contributed by atoms with E-state index in [2.05, 4.69) is 179 Å². The van der Waals surface area contributed by atoms with E-state index in [0.29, 0.717) is 0 Å². The molecule has 0 N–H and O–H groups in total. The molecule has 0 saturated heterocycles. The van der Waals surface area contributed by atoms with Crippen LogP contribution in [0.2, 0.25) is 0 Å². The molecule has 2 aliphatic heterocycles. The maximum absolute atomic E-state index is 2.62. The zero-order valence-electron chi connectivity index (χ0n) is 33.1. The third-order valence-corrected chi connectivity index (χ3v) is 13.3. The number of hydrogen-bond acceptors (Lipinski definition) is 2. The molecule has 0 radical (unpaired) electrons. The van der Waals surface area contributed by atoms with Gasteiger partial charge in [-0.1, -0.05) is 145 Å². The Balaban J connectivity index is 1.22. The molecule has 5 aromatic rings. The SMILES string of the molecule is CCCCN1/C(=C\C=C2/CC/C(=C\C=C3\N(CCCC)c4ccc5ccccc5c4C3(C)C)C2=[S+]c2ccccc2)C(C)(C)c2c1ccc1ccccc21. The third kappa shape index (κ3) is 6.35. The summed E-state index contributed by atoms with van der Waals surface area (Å²) in [6.07, 6.45) is 16.7. The Morgan fingerprint density at radius 3 is 1.44 bits per heavy atom. The minimum absolute atomic E-state index is 0.107. The smallest absolute Gasteiger partial charge is 0.237 e. The summed E-state index contributed by atoms with van der Waals surface area (Å²) < 4.78 is 0. The van der Waals surface area contributed by atoms with E-state index < -0.39 is 0 Å². The first-order valence-corrected chi connectivity index (χ1v) is 21.1. The second-order valence-electron chi connectivity index (χ2n) is 16.4. The molecule has 0 amide bonds. The molecule has 1 aliphatic carbocycles. The fourth-order valence-corrected chi connectivity index (χ4v) is 10.4. The molecular weight excluding hydrogens is 673 g/mol. The quantitative estimate of drug-likeness (QED) is 0.0847. The van der Waals surface area contributed by atoms with Gasteiger partial charge >= 0.3 is 0 Å². The molecular formula is C51H55N2S+. The zero-order valence-corrected chi connectivity index (χ0v) is 33.9. The van der Waals surface area contributed by atoms with E-state index in [0.717, 1.165) is 25.9 Å². The summed E-state index contributed by atoms with van der Waals surface area (Å²) in [5, 5.41) is 5.40. The van der Waals surface area contributed by atoms with Crippen molar-refractivity contribution in [2.75, 3.05) is 22.9 Å². The molecule has 3 heteroatoms. The number of nitrogens with zero attached hydrogens (tertiary/aromatic N) is 2. The molecule has 0 bridgehead atoms. The summed E-state index contributed by atoms with van der Waals surface area (Å²) in [5.74, 6) is 0. The molecule has 2 heterocycles. The van der Waals surface area contributed by atoms with Gasteiger partial charge in [0.1, 0.15) is 0 Å². The molecule has 0 aromatic heterocycles. The maximum atomic E-state index is 2.62. The van der Waals surface area contributed by atoms with Crippen LogP contribution < -0.4 is 9.80 Å². The second kappa shape index (κ2) is 14.8. The van der Waals surface area contributed by atoms with Gasteiger partial charge in [0.05, 0.1) is 0 Å². The maximum Gasteiger partial charge on any atom is 0.237 e. The van der Waals surface area contributed by atoms with Crippen molar-refractivity contribution < 1.29 is 0 Å². The standard InChI is InChI=1S/C51H55N2S/c1-7-9-34-52-43-30-26-36-18-14-16-22-41(36)47(43)50(3,4)45(52)32-28-38-24-25-39(49(38)54-40-20-12-11-13-21-40)29-33-46-51(5,6)48-42-23-17-15-19-37(42)27-31-44(48)53(46)35-10-8-2/h11-23,26-33H,7-10,24-25,34-35H2,1-6H3/q+1/b38-28+,39-29+,45-32-,46-33+. The lowest BCUT2D eigenvalue weighted by Gasteiger charge is -2.27. The Morgan fingerprint density at radius 1 is 0.537 bits per heavy atom. The molecule has 1 saturated carbocycles. The molecule has 0 atom stereocenters. The third-order valence-electron chi connectivity index (χ3n) is 12.1. The molecule has 54 heavy (non-hydrogen) atoms. The van der Waals surface area contributed by atoms with E-state index in [-0.39, 0.29) is 10.8 Å². The number of rotatable bonds is 9. The van der Waals surface area contributed by atoms with E-state index in [1.807, 2.05) is 11.4 Å². The Morgan fingerprint density at radius 2 is 0.981 bits per heavy atom. The van der Waals surface area contributed by atoms with E-state index in [1.165, 1.54) is 102 Å². The van der Waals surface area contributed by atoms with Crippen LogP contribution in [0.4, 0.5) is 11.4 Å². The van der Waals surface area contributed by atoms with E-state index in [9.17, 15) is 0 Å². The van der Waals surface area contributed by atoms with Gasteiger partial charge in [0, 0.05) is 70.0 Å². The van der Waals surface area contributed by atoms with Gasteiger partial charge in [-0.2, -0.15) is 0 Å². The van der Waals surface area contributed by atoms with E-state index >= 15 is 0 Å². The van der Waals surface area contributed by atoms with Crippen molar-refractivity contribution >= 4 is 49.1 Å². The van der Waals surface area contributed by atoms with Crippen LogP contribution in [0.25, 0.3) is 21.5 Å². The van der Waals surface area contributed by atoms with Crippen molar-refractivity contribution in [1.29, 1.82) is 0 Å². The second-order valence-corrected chi connectivity index (χ2v) is 17.4. The van der Waals surface area contributed by atoms with Crippen molar-refractivity contribution in [3.8, 4) is 0 Å². The largest absolute Gasteiger partial charge is 0.344 e. The predicted molar refractivity (Wildman–Crippen MR) is 237 cm³/mol. The summed E-state index contributed by atoms with van der Waals surface area (Å²) >= 11 is 1.93. The summed E-state index contributed by atoms with van der Waals surface area (Å²) in [5.41, 5.74) is 11.1. The van der Waals surface area contributed by atoms with Crippen LogP contribution in [0, 0.1) is 0 Å². The first-order chi connectivity index (χ1) is 26.2. The van der Waals surface area contributed by atoms with Crippen molar-refractivity contribution in [2.45, 2.75) is 95.8 Å². The summed E-state index contributed by atoms with van der Waals surface area (Å²) in [6.45, 7) is 16.4. The van der Waals surface area contributed by atoms with E-state index in [4.69, 9.17) is 0 Å². The number of benzene rings is 5. The zero-order chi connectivity index (χ0) is 37.5. The summed E-state index contributed by atoms with van der Waals surface area (Å²) in [4.78, 5) is 7.95. The van der Waals surface area contributed by atoms with Crippen molar-refractivity contribution in [1.82, 2.24) is 0 Å². The lowest BCUT2D eigenvalue weighted by atomic mass is 9.81. The Labute approximate surface area is 327 Å². The van der Waals surface area contributed by atoms with E-state index in [1.54, 1.807) is 0 Å². The van der Waals surface area contributed by atoms with Crippen molar-refractivity contribution in [3.05, 3.63) is 161 Å². The summed E-state index contributed by atoms with van der Waals surface area (Å²) in [6, 6.07) is 38.2. The highest BCUT2D eigenvalue weighted by Crippen LogP contribution is 2.52. The highest BCUT2D eigenvalue weighted by Gasteiger charge is 2.42. The molecule has 274 valence electrons. The van der Waals surface area contributed by atoms with Crippen LogP contribution in [0.1, 0.15) is 91.2 Å². The lowest BCUT2D eigenvalue weighted by Crippen LogP contribution is -2.27. The Kier molecular flexibility index (Phi) is 9.96. The number of hydrogen-bond donors (Lipinski definition) is 0. The molecule has 3 aliphatic rings. The average molecular weight is 728 g/mol. The first kappa shape index (κ1) is 36.3. The highest BCUT2D eigenvalue weighted by atomic mass is 32.1. The number of anilines is 2. The number of fused-ring (bicyclic) bond motifs is 6. The Bertz CT molecular complexity index is 2220. The number of unbranched alkanes of at least 4 members (excludes halogenated alkanes) is 2. The predicted octanol–water partition coefficient (Wildman–Crippen LogP) is 13.2. The molecule has 2 nitrogen and oxygen atoms in total. The normalized spacial score (nSPS) is 21.1. The molecule has 8 rings (SSSR count). The molecule has 5 aromatic carbocycles. The van der Waals surface area contributed by atoms with Crippen LogP contribution in [0.5, 0.6) is 0 Å². The lowest BCUT2D eigenvalue weighted by molar-refractivity contribution is 0.628. The fraction of sp³-hybridized carbons (Fsp3) is 0.314. The Hall–Kier alpha value is -4.73. The first-order valence-electron chi connectivity index (χ1n) is 20.3. The van der Waals surface area contributed by atoms with Gasteiger partial charge < -0.3 is 9.80 Å². The van der Waals surface area contributed by atoms with Gasteiger partial charge in [-0.3, -0.25) is 0 Å². The molecule has 0 spiro atoms. The van der Waals surface area contributed by atoms with Gasteiger partial charge in [0.15, 0.2) is 0 Å². The van der Waals surface area contributed by atoms with Crippen LogP contribution in [0.15, 0.2) is 155 Å². The molecule has 0 unspecified atom stereocenters. The van der Waals surface area contributed by atoms with Crippen LogP contribution in [-0.4, -0.2) is 18.0 Å². The van der Waals surface area contributed by atoms with Crippen LogP contribution in [0.3, 0.4) is 0 Å². The fourth-order valence-electron chi connectivity index (χ4n) is 9.30.